The van der Waals surface area contributed by atoms with Gasteiger partial charge in [0.15, 0.2) is 0 Å². The van der Waals surface area contributed by atoms with E-state index >= 15 is 0 Å². The standard InChI is InChI=1S/C24H30ClNO3.C12H16.C2H3F3/c1-7-16(2)20-14-19(12-13-21(20)25)26(22(27)23(28)29-6)15-17-8-10-18(11-9-17)24(3,4)5;1-2-10-6-8-12(9-7-10)11-4-3-5-11;1-2(3,4)5/h8-14,16H,7,15H2,1-6H3;6-9,11H,2-5H2,1H3;1H3. The lowest BCUT2D eigenvalue weighted by Gasteiger charge is -2.25. The number of anilines is 1. The average molecular weight is 660 g/mol. The summed E-state index contributed by atoms with van der Waals surface area (Å²) in [5.74, 6) is -0.472. The number of rotatable bonds is 7. The van der Waals surface area contributed by atoms with Gasteiger partial charge in [0.05, 0.1) is 13.7 Å². The van der Waals surface area contributed by atoms with Gasteiger partial charge in [0, 0.05) is 17.6 Å². The van der Waals surface area contributed by atoms with Gasteiger partial charge >= 0.3 is 18.1 Å². The monoisotopic (exact) mass is 659 g/mol. The third kappa shape index (κ3) is 12.5. The molecule has 1 aliphatic carbocycles. The van der Waals surface area contributed by atoms with Gasteiger partial charge in [-0.2, -0.15) is 13.2 Å². The zero-order chi connectivity index (χ0) is 34.7. The molecule has 3 aromatic carbocycles. The lowest BCUT2D eigenvalue weighted by molar-refractivity contribution is -0.151. The first-order chi connectivity index (χ1) is 21.5. The van der Waals surface area contributed by atoms with Crippen LogP contribution in [-0.2, 0) is 32.7 Å². The Bertz CT molecular complexity index is 1390. The summed E-state index contributed by atoms with van der Waals surface area (Å²) < 4.78 is 35.7. The summed E-state index contributed by atoms with van der Waals surface area (Å²) in [5.41, 5.74) is 6.77. The number of nitrogens with zero attached hydrogens (tertiary/aromatic N) is 1. The zero-order valence-electron chi connectivity index (χ0n) is 28.4. The number of aryl methyl sites for hydroxylation is 1. The smallest absolute Gasteiger partial charge is 0.397 e. The highest BCUT2D eigenvalue weighted by Crippen LogP contribution is 2.36. The van der Waals surface area contributed by atoms with Crippen LogP contribution in [-0.4, -0.2) is 25.2 Å². The van der Waals surface area contributed by atoms with E-state index in [4.69, 9.17) is 11.6 Å². The number of alkyl halides is 3. The second-order valence-electron chi connectivity index (χ2n) is 12.8. The molecule has 0 N–H and O–H groups in total. The molecule has 1 amide bonds. The van der Waals surface area contributed by atoms with Gasteiger partial charge in [-0.15, -0.1) is 0 Å². The normalized spacial score (nSPS) is 13.7. The van der Waals surface area contributed by atoms with Gasteiger partial charge in [-0.1, -0.05) is 108 Å². The van der Waals surface area contributed by atoms with Crippen molar-refractivity contribution in [2.75, 3.05) is 12.0 Å². The van der Waals surface area contributed by atoms with Gasteiger partial charge in [-0.25, -0.2) is 4.79 Å². The highest BCUT2D eigenvalue weighted by Gasteiger charge is 2.26. The molecule has 46 heavy (non-hydrogen) atoms. The highest BCUT2D eigenvalue weighted by molar-refractivity contribution is 6.38. The summed E-state index contributed by atoms with van der Waals surface area (Å²) in [4.78, 5) is 26.2. The minimum Gasteiger partial charge on any atom is -0.462 e. The molecule has 1 saturated carbocycles. The first kappa shape index (κ1) is 38.9. The van der Waals surface area contributed by atoms with Crippen LogP contribution in [0.2, 0.25) is 5.02 Å². The summed E-state index contributed by atoms with van der Waals surface area (Å²) in [7, 11) is 1.21. The molecule has 0 bridgehead atoms. The minimum atomic E-state index is -4.00. The van der Waals surface area contributed by atoms with Crippen LogP contribution in [0.15, 0.2) is 66.7 Å². The molecule has 0 aliphatic heterocycles. The van der Waals surface area contributed by atoms with Gasteiger partial charge in [-0.05, 0) is 89.0 Å². The molecule has 1 unspecified atom stereocenters. The number of carbonyl (C=O) groups excluding carboxylic acids is 2. The van der Waals surface area contributed by atoms with Crippen LogP contribution in [0.4, 0.5) is 18.9 Å². The Labute approximate surface area is 278 Å². The molecule has 8 heteroatoms. The second-order valence-corrected chi connectivity index (χ2v) is 13.3. The molecule has 4 nitrogen and oxygen atoms in total. The molecular formula is C38H49ClF3NO3. The maximum Gasteiger partial charge on any atom is 0.397 e. The molecule has 1 atom stereocenters. The van der Waals surface area contributed by atoms with E-state index in [9.17, 15) is 22.8 Å². The van der Waals surface area contributed by atoms with Crippen LogP contribution in [0, 0.1) is 0 Å². The molecule has 0 heterocycles. The van der Waals surface area contributed by atoms with E-state index in [0.29, 0.717) is 10.7 Å². The minimum absolute atomic E-state index is 0.0431. The number of ether oxygens (including phenoxy) is 1. The van der Waals surface area contributed by atoms with Crippen molar-refractivity contribution >= 4 is 29.2 Å². The van der Waals surface area contributed by atoms with Crippen molar-refractivity contribution in [2.45, 2.75) is 111 Å². The molecular weight excluding hydrogens is 611 g/mol. The summed E-state index contributed by atoms with van der Waals surface area (Å²) >= 11 is 6.37. The van der Waals surface area contributed by atoms with Crippen LogP contribution in [0.3, 0.4) is 0 Å². The van der Waals surface area contributed by atoms with Crippen LogP contribution < -0.4 is 4.90 Å². The van der Waals surface area contributed by atoms with Crippen LogP contribution in [0.25, 0.3) is 0 Å². The predicted molar refractivity (Wildman–Crippen MR) is 183 cm³/mol. The SMILES string of the molecule is CC(F)(F)F.CCC(C)c1cc(N(Cc2ccc(C(C)(C)C)cc2)C(=O)C(=O)OC)ccc1Cl.CCc1ccc(C2CCC2)cc1. The number of halogens is 4. The number of benzene rings is 3. The van der Waals surface area contributed by atoms with Crippen molar-refractivity contribution in [3.05, 3.63) is 99.6 Å². The van der Waals surface area contributed by atoms with Crippen molar-refractivity contribution in [2.24, 2.45) is 0 Å². The van der Waals surface area contributed by atoms with E-state index in [1.165, 1.54) is 42.4 Å². The molecule has 0 aromatic heterocycles. The molecule has 1 aliphatic rings. The number of hydrogen-bond acceptors (Lipinski definition) is 3. The van der Waals surface area contributed by atoms with E-state index in [1.807, 2.05) is 18.2 Å². The summed E-state index contributed by atoms with van der Waals surface area (Å²) in [6.07, 6.45) is 2.32. The number of esters is 1. The Kier molecular flexibility index (Phi) is 14.8. The van der Waals surface area contributed by atoms with Crippen molar-refractivity contribution in [1.29, 1.82) is 0 Å². The van der Waals surface area contributed by atoms with Crippen molar-refractivity contribution in [3.63, 3.8) is 0 Å². The Hall–Kier alpha value is -3.32. The Balaban J connectivity index is 0.000000352. The first-order valence-corrected chi connectivity index (χ1v) is 16.3. The third-order valence-corrected chi connectivity index (χ3v) is 8.51. The quantitative estimate of drug-likeness (QED) is 0.187. The molecule has 3 aromatic rings. The number of carbonyl (C=O) groups is 2. The Morgan fingerprint density at radius 3 is 1.89 bits per heavy atom. The fourth-order valence-corrected chi connectivity index (χ4v) is 5.14. The lowest BCUT2D eigenvalue weighted by Crippen LogP contribution is -2.37. The second kappa shape index (κ2) is 17.6. The van der Waals surface area contributed by atoms with E-state index in [0.717, 1.165) is 29.9 Å². The summed E-state index contributed by atoms with van der Waals surface area (Å²) in [5, 5.41) is 0.656. The lowest BCUT2D eigenvalue weighted by atomic mass is 9.80. The fourth-order valence-electron chi connectivity index (χ4n) is 4.83. The van der Waals surface area contributed by atoms with E-state index < -0.39 is 18.1 Å². The zero-order valence-corrected chi connectivity index (χ0v) is 29.2. The summed E-state index contributed by atoms with van der Waals surface area (Å²) in [6.45, 7) is 13.3. The van der Waals surface area contributed by atoms with Crippen molar-refractivity contribution in [1.82, 2.24) is 0 Å². The Morgan fingerprint density at radius 1 is 0.913 bits per heavy atom. The topological polar surface area (TPSA) is 46.6 Å². The number of hydrogen-bond donors (Lipinski definition) is 0. The average Bonchev–Trinajstić information content (AvgIpc) is 2.98. The molecule has 1 fully saturated rings. The number of methoxy groups -OCH3 is 1. The predicted octanol–water partition coefficient (Wildman–Crippen LogP) is 10.9. The molecule has 0 radical (unpaired) electrons. The van der Waals surface area contributed by atoms with E-state index in [-0.39, 0.29) is 24.8 Å². The molecule has 252 valence electrons. The maximum absolute atomic E-state index is 12.8. The van der Waals surface area contributed by atoms with Gasteiger partial charge in [0.1, 0.15) is 0 Å². The Morgan fingerprint density at radius 2 is 1.46 bits per heavy atom. The van der Waals surface area contributed by atoms with Gasteiger partial charge in [0.25, 0.3) is 0 Å². The van der Waals surface area contributed by atoms with Crippen LogP contribution in [0.1, 0.15) is 114 Å². The van der Waals surface area contributed by atoms with Gasteiger partial charge in [-0.3, -0.25) is 9.69 Å². The van der Waals surface area contributed by atoms with Crippen molar-refractivity contribution < 1.29 is 27.5 Å². The van der Waals surface area contributed by atoms with Crippen LogP contribution >= 0.6 is 11.6 Å². The van der Waals surface area contributed by atoms with Crippen LogP contribution in [0.5, 0.6) is 0 Å². The molecule has 0 spiro atoms. The van der Waals surface area contributed by atoms with Crippen molar-refractivity contribution in [3.8, 4) is 0 Å². The number of amides is 1. The third-order valence-electron chi connectivity index (χ3n) is 8.16. The highest BCUT2D eigenvalue weighted by atomic mass is 35.5. The fraction of sp³-hybridized carbons (Fsp3) is 0.474. The first-order valence-electron chi connectivity index (χ1n) is 15.9. The van der Waals surface area contributed by atoms with Gasteiger partial charge < -0.3 is 4.74 Å². The summed E-state index contributed by atoms with van der Waals surface area (Å²) in [6, 6.07) is 22.7. The maximum atomic E-state index is 12.8. The van der Waals surface area contributed by atoms with Gasteiger partial charge in [0.2, 0.25) is 0 Å². The molecule has 4 rings (SSSR count). The van der Waals surface area contributed by atoms with E-state index in [2.05, 4.69) is 82.7 Å². The largest absolute Gasteiger partial charge is 0.462 e. The van der Waals surface area contributed by atoms with E-state index in [1.54, 1.807) is 17.7 Å². The molecule has 0 saturated heterocycles.